The van der Waals surface area contributed by atoms with Gasteiger partial charge < -0.3 is 14.5 Å². The van der Waals surface area contributed by atoms with E-state index < -0.39 is 11.4 Å². The highest BCUT2D eigenvalue weighted by Crippen LogP contribution is 2.39. The van der Waals surface area contributed by atoms with Crippen LogP contribution in [0.2, 0.25) is 5.02 Å². The molecule has 1 aromatic carbocycles. The van der Waals surface area contributed by atoms with Gasteiger partial charge >= 0.3 is 6.09 Å². The van der Waals surface area contributed by atoms with Crippen LogP contribution in [-0.4, -0.2) is 47.1 Å². The third-order valence-electron chi connectivity index (χ3n) is 3.81. The van der Waals surface area contributed by atoms with Crippen LogP contribution in [0.25, 0.3) is 10.9 Å². The molecule has 0 aliphatic carbocycles. The number of hydrogen-bond donors (Lipinski definition) is 0. The van der Waals surface area contributed by atoms with Gasteiger partial charge in [0.1, 0.15) is 16.1 Å². The maximum absolute atomic E-state index is 14.3. The monoisotopic (exact) mass is 449 g/mol. The highest BCUT2D eigenvalue weighted by atomic mass is 79.9. The normalized spacial score (nSPS) is 15.8. The van der Waals surface area contributed by atoms with Gasteiger partial charge in [-0.1, -0.05) is 11.6 Å². The van der Waals surface area contributed by atoms with E-state index in [1.807, 2.05) is 20.8 Å². The minimum atomic E-state index is -0.510. The molecular formula is C16H18BrClFN3O2S. The minimum Gasteiger partial charge on any atom is -0.444 e. The van der Waals surface area contributed by atoms with E-state index in [2.05, 4.69) is 25.2 Å². The van der Waals surface area contributed by atoms with Crippen molar-refractivity contribution in [1.29, 1.82) is 0 Å². The van der Waals surface area contributed by atoms with Gasteiger partial charge in [0.05, 0.1) is 9.50 Å². The highest BCUT2D eigenvalue weighted by Gasteiger charge is 2.28. The number of benzene rings is 1. The van der Waals surface area contributed by atoms with E-state index in [4.69, 9.17) is 16.3 Å². The number of carbonyl (C=O) groups is 1. The molecule has 0 unspecified atom stereocenters. The number of anilines is 1. The Labute approximate surface area is 163 Å². The Morgan fingerprint density at radius 1 is 1.36 bits per heavy atom. The van der Waals surface area contributed by atoms with Crippen LogP contribution in [0.5, 0.6) is 0 Å². The van der Waals surface area contributed by atoms with Crippen molar-refractivity contribution in [3.63, 3.8) is 0 Å². The lowest BCUT2D eigenvalue weighted by atomic mass is 10.2. The SMILES string of the molecule is CC(C)(C)OC(=O)N1CCN(c2snc3c(F)c(Br)c(Cl)cc23)CC1. The molecule has 0 saturated carbocycles. The molecule has 9 heteroatoms. The molecule has 0 spiro atoms. The number of amides is 1. The summed E-state index contributed by atoms with van der Waals surface area (Å²) in [7, 11) is 0. The van der Waals surface area contributed by atoms with E-state index in [1.165, 1.54) is 11.5 Å². The molecule has 1 aliphatic rings. The Morgan fingerprint density at radius 3 is 2.60 bits per heavy atom. The van der Waals surface area contributed by atoms with Crippen LogP contribution in [0.15, 0.2) is 10.5 Å². The third-order valence-corrected chi connectivity index (χ3v) is 6.04. The molecule has 1 amide bonds. The predicted molar refractivity (Wildman–Crippen MR) is 102 cm³/mol. The highest BCUT2D eigenvalue weighted by molar-refractivity contribution is 9.10. The Morgan fingerprint density at radius 2 is 2.00 bits per heavy atom. The maximum Gasteiger partial charge on any atom is 0.410 e. The van der Waals surface area contributed by atoms with Gasteiger partial charge in [-0.15, -0.1) is 0 Å². The molecule has 1 aliphatic heterocycles. The zero-order valence-electron chi connectivity index (χ0n) is 14.1. The van der Waals surface area contributed by atoms with Gasteiger partial charge in [-0.2, -0.15) is 4.37 Å². The Balaban J connectivity index is 1.76. The van der Waals surface area contributed by atoms with Crippen LogP contribution in [0, 0.1) is 5.82 Å². The topological polar surface area (TPSA) is 45.7 Å². The van der Waals surface area contributed by atoms with Crippen molar-refractivity contribution in [2.45, 2.75) is 26.4 Å². The summed E-state index contributed by atoms with van der Waals surface area (Å²) in [4.78, 5) is 15.9. The fraction of sp³-hybridized carbons (Fsp3) is 0.500. The van der Waals surface area contributed by atoms with E-state index in [0.29, 0.717) is 42.1 Å². The van der Waals surface area contributed by atoms with Gasteiger partial charge in [0.25, 0.3) is 0 Å². The van der Waals surface area contributed by atoms with Crippen LogP contribution in [0.1, 0.15) is 20.8 Å². The van der Waals surface area contributed by atoms with Crippen molar-refractivity contribution in [3.8, 4) is 0 Å². The summed E-state index contributed by atoms with van der Waals surface area (Å²) in [5.41, 5.74) is -0.199. The lowest BCUT2D eigenvalue weighted by molar-refractivity contribution is 0.0241. The van der Waals surface area contributed by atoms with Crippen LogP contribution < -0.4 is 4.90 Å². The van der Waals surface area contributed by atoms with E-state index >= 15 is 0 Å². The summed E-state index contributed by atoms with van der Waals surface area (Å²) in [6.07, 6.45) is -0.306. The van der Waals surface area contributed by atoms with Crippen molar-refractivity contribution < 1.29 is 13.9 Å². The van der Waals surface area contributed by atoms with E-state index in [9.17, 15) is 9.18 Å². The minimum absolute atomic E-state index is 0.230. The van der Waals surface area contributed by atoms with E-state index in [-0.39, 0.29) is 10.6 Å². The van der Waals surface area contributed by atoms with Gasteiger partial charge in [0.2, 0.25) is 0 Å². The fourth-order valence-electron chi connectivity index (χ4n) is 2.62. The molecule has 5 nitrogen and oxygen atoms in total. The second-order valence-corrected chi connectivity index (χ2v) is 8.78. The van der Waals surface area contributed by atoms with Crippen molar-refractivity contribution >= 4 is 61.1 Å². The molecule has 0 N–H and O–H groups in total. The fourth-order valence-corrected chi connectivity index (χ4v) is 4.03. The third kappa shape index (κ3) is 3.85. The number of carbonyl (C=O) groups excluding carboxylic acids is 1. The van der Waals surface area contributed by atoms with Crippen LogP contribution in [-0.2, 0) is 4.74 Å². The number of nitrogens with zero attached hydrogens (tertiary/aromatic N) is 3. The molecule has 3 rings (SSSR count). The molecule has 2 heterocycles. The zero-order valence-corrected chi connectivity index (χ0v) is 17.3. The molecule has 136 valence electrons. The van der Waals surface area contributed by atoms with Gasteiger partial charge in [-0.05, 0) is 54.3 Å². The summed E-state index contributed by atoms with van der Waals surface area (Å²) in [5, 5.41) is 1.88. The molecule has 1 aromatic heterocycles. The summed E-state index contributed by atoms with van der Waals surface area (Å²) in [6, 6.07) is 1.73. The van der Waals surface area contributed by atoms with Gasteiger partial charge in [0.15, 0.2) is 5.82 Å². The lowest BCUT2D eigenvalue weighted by Crippen LogP contribution is -2.50. The first-order valence-electron chi connectivity index (χ1n) is 7.83. The van der Waals surface area contributed by atoms with E-state index in [0.717, 1.165) is 5.00 Å². The Hall–Kier alpha value is -1.12. The summed E-state index contributed by atoms with van der Waals surface area (Å²) < 4.78 is 24.2. The molecule has 1 fully saturated rings. The van der Waals surface area contributed by atoms with Crippen LogP contribution >= 0.6 is 39.1 Å². The Bertz CT molecular complexity index is 816. The zero-order chi connectivity index (χ0) is 18.4. The molecule has 0 bridgehead atoms. The largest absolute Gasteiger partial charge is 0.444 e. The first-order valence-corrected chi connectivity index (χ1v) is 9.77. The number of hydrogen-bond acceptors (Lipinski definition) is 5. The number of rotatable bonds is 1. The average molecular weight is 451 g/mol. The van der Waals surface area contributed by atoms with Crippen molar-refractivity contribution in [2.75, 3.05) is 31.1 Å². The molecular weight excluding hydrogens is 433 g/mol. The second kappa shape index (κ2) is 6.89. The van der Waals surface area contributed by atoms with Crippen molar-refractivity contribution in [1.82, 2.24) is 9.27 Å². The average Bonchev–Trinajstić information content (AvgIpc) is 2.95. The standard InChI is InChI=1S/C16H18BrClFN3O2S/c1-16(2,3)24-15(23)22-6-4-21(5-7-22)14-9-8-10(18)11(17)12(19)13(9)20-25-14/h8H,4-7H2,1-3H3. The summed E-state index contributed by atoms with van der Waals surface area (Å²) >= 11 is 10.5. The molecule has 2 aromatic rings. The molecule has 1 saturated heterocycles. The predicted octanol–water partition coefficient (Wildman–Crippen LogP) is 4.91. The van der Waals surface area contributed by atoms with Crippen molar-refractivity contribution in [2.24, 2.45) is 0 Å². The molecule has 0 radical (unpaired) electrons. The lowest BCUT2D eigenvalue weighted by Gasteiger charge is -2.36. The van der Waals surface area contributed by atoms with Gasteiger partial charge in [-0.3, -0.25) is 0 Å². The first kappa shape index (κ1) is 18.7. The molecule has 25 heavy (non-hydrogen) atoms. The summed E-state index contributed by atoms with van der Waals surface area (Å²) in [5.74, 6) is -0.447. The first-order chi connectivity index (χ1) is 11.7. The number of fused-ring (bicyclic) bond motifs is 1. The maximum atomic E-state index is 14.3. The number of piperazine rings is 1. The smallest absolute Gasteiger partial charge is 0.410 e. The Kier molecular flexibility index (Phi) is 5.14. The van der Waals surface area contributed by atoms with Crippen LogP contribution in [0.4, 0.5) is 14.2 Å². The second-order valence-electron chi connectivity index (χ2n) is 6.82. The van der Waals surface area contributed by atoms with Crippen molar-refractivity contribution in [3.05, 3.63) is 21.4 Å². The molecule has 0 atom stereocenters. The van der Waals surface area contributed by atoms with Gasteiger partial charge in [-0.25, -0.2) is 9.18 Å². The summed E-state index contributed by atoms with van der Waals surface area (Å²) in [6.45, 7) is 7.89. The van der Waals surface area contributed by atoms with Gasteiger partial charge in [0, 0.05) is 31.6 Å². The number of aromatic nitrogens is 1. The van der Waals surface area contributed by atoms with Crippen LogP contribution in [0.3, 0.4) is 0 Å². The van der Waals surface area contributed by atoms with E-state index in [1.54, 1.807) is 11.0 Å². The quantitative estimate of drug-likeness (QED) is 0.579. The number of halogens is 3. The number of ether oxygens (including phenoxy) is 1.